The van der Waals surface area contributed by atoms with Gasteiger partial charge in [0.2, 0.25) is 10.0 Å². The van der Waals surface area contributed by atoms with Crippen molar-refractivity contribution < 1.29 is 22.3 Å². The number of halogens is 1. The monoisotopic (exact) mass is 407 g/mol. The molecule has 0 aliphatic carbocycles. The van der Waals surface area contributed by atoms with Crippen LogP contribution in [0, 0.1) is 5.82 Å². The van der Waals surface area contributed by atoms with Crippen LogP contribution in [0.2, 0.25) is 0 Å². The SMILES string of the molecule is CCCCS(=O)(=O)N1CCOc2ccc(COCc3cccc(F)c3)cc2C1. The number of benzene rings is 2. The molecule has 1 aliphatic heterocycles. The van der Waals surface area contributed by atoms with Gasteiger partial charge < -0.3 is 9.47 Å². The fourth-order valence-electron chi connectivity index (χ4n) is 3.12. The van der Waals surface area contributed by atoms with Gasteiger partial charge >= 0.3 is 0 Å². The molecule has 0 saturated carbocycles. The van der Waals surface area contributed by atoms with E-state index in [1.807, 2.05) is 31.2 Å². The number of unbranched alkanes of at least 4 members (excludes halogenated alkanes) is 1. The van der Waals surface area contributed by atoms with Crippen LogP contribution in [0.3, 0.4) is 0 Å². The summed E-state index contributed by atoms with van der Waals surface area (Å²) in [6.07, 6.45) is 1.49. The van der Waals surface area contributed by atoms with Crippen LogP contribution >= 0.6 is 0 Å². The summed E-state index contributed by atoms with van der Waals surface area (Å²) in [6, 6.07) is 12.0. The van der Waals surface area contributed by atoms with Crippen molar-refractivity contribution in [2.24, 2.45) is 0 Å². The summed E-state index contributed by atoms with van der Waals surface area (Å²) in [7, 11) is -3.29. The van der Waals surface area contributed by atoms with E-state index in [1.165, 1.54) is 16.4 Å². The van der Waals surface area contributed by atoms with Crippen molar-refractivity contribution in [2.75, 3.05) is 18.9 Å². The van der Waals surface area contributed by atoms with Crippen molar-refractivity contribution >= 4 is 10.0 Å². The van der Waals surface area contributed by atoms with Crippen molar-refractivity contribution in [3.05, 3.63) is 65.0 Å². The summed E-state index contributed by atoms with van der Waals surface area (Å²) in [5.74, 6) is 0.588. The number of ether oxygens (including phenoxy) is 2. The minimum atomic E-state index is -3.29. The molecule has 0 amide bonds. The second kappa shape index (κ2) is 9.49. The van der Waals surface area contributed by atoms with Gasteiger partial charge in [-0.15, -0.1) is 0 Å². The van der Waals surface area contributed by atoms with Gasteiger partial charge in [-0.05, 0) is 41.8 Å². The van der Waals surface area contributed by atoms with Crippen molar-refractivity contribution in [1.29, 1.82) is 0 Å². The number of hydrogen-bond donors (Lipinski definition) is 0. The molecule has 28 heavy (non-hydrogen) atoms. The fraction of sp³-hybridized carbons (Fsp3) is 0.429. The third kappa shape index (κ3) is 5.53. The summed E-state index contributed by atoms with van der Waals surface area (Å²) < 4.78 is 51.3. The average molecular weight is 408 g/mol. The van der Waals surface area contributed by atoms with Crippen molar-refractivity contribution in [2.45, 2.75) is 39.5 Å². The second-order valence-electron chi connectivity index (χ2n) is 6.92. The molecule has 0 fully saturated rings. The lowest BCUT2D eigenvalue weighted by Gasteiger charge is -2.19. The number of sulfonamides is 1. The van der Waals surface area contributed by atoms with E-state index < -0.39 is 10.0 Å². The molecule has 0 bridgehead atoms. The van der Waals surface area contributed by atoms with E-state index in [0.29, 0.717) is 45.1 Å². The summed E-state index contributed by atoms with van der Waals surface area (Å²) in [5, 5.41) is 0. The minimum absolute atomic E-state index is 0.162. The van der Waals surface area contributed by atoms with Crippen LogP contribution in [0.5, 0.6) is 5.75 Å². The number of hydrogen-bond acceptors (Lipinski definition) is 4. The first kappa shape index (κ1) is 20.8. The maximum absolute atomic E-state index is 13.2. The van der Waals surface area contributed by atoms with Gasteiger partial charge in [-0.25, -0.2) is 12.8 Å². The summed E-state index contributed by atoms with van der Waals surface area (Å²) in [6.45, 7) is 3.64. The summed E-state index contributed by atoms with van der Waals surface area (Å²) in [4.78, 5) is 0. The number of fused-ring (bicyclic) bond motifs is 1. The van der Waals surface area contributed by atoms with Crippen LogP contribution in [-0.4, -0.2) is 31.6 Å². The normalized spacial score (nSPS) is 14.9. The first-order chi connectivity index (χ1) is 13.5. The van der Waals surface area contributed by atoms with Crippen molar-refractivity contribution in [3.63, 3.8) is 0 Å². The molecule has 0 saturated heterocycles. The van der Waals surface area contributed by atoms with Gasteiger partial charge in [-0.1, -0.05) is 31.5 Å². The molecule has 1 heterocycles. The zero-order valence-electron chi connectivity index (χ0n) is 16.1. The van der Waals surface area contributed by atoms with Crippen LogP contribution in [0.1, 0.15) is 36.5 Å². The van der Waals surface area contributed by atoms with Gasteiger partial charge in [0.15, 0.2) is 0 Å². The molecule has 2 aromatic carbocycles. The smallest absolute Gasteiger partial charge is 0.214 e. The molecule has 0 N–H and O–H groups in total. The highest BCUT2D eigenvalue weighted by molar-refractivity contribution is 7.89. The number of rotatable bonds is 8. The second-order valence-corrected chi connectivity index (χ2v) is 9.00. The Balaban J connectivity index is 1.66. The zero-order chi connectivity index (χ0) is 20.0. The molecule has 1 aliphatic rings. The van der Waals surface area contributed by atoms with E-state index >= 15 is 0 Å². The van der Waals surface area contributed by atoms with Gasteiger partial charge in [-0.2, -0.15) is 4.31 Å². The average Bonchev–Trinajstić information content (AvgIpc) is 2.89. The van der Waals surface area contributed by atoms with E-state index in [0.717, 1.165) is 23.1 Å². The van der Waals surface area contributed by atoms with E-state index in [9.17, 15) is 12.8 Å². The minimum Gasteiger partial charge on any atom is -0.492 e. The molecule has 0 aromatic heterocycles. The topological polar surface area (TPSA) is 55.8 Å². The predicted octanol–water partition coefficient (Wildman–Crippen LogP) is 3.87. The summed E-state index contributed by atoms with van der Waals surface area (Å²) >= 11 is 0. The van der Waals surface area contributed by atoms with E-state index in [4.69, 9.17) is 9.47 Å². The van der Waals surface area contributed by atoms with Crippen LogP contribution in [0.15, 0.2) is 42.5 Å². The van der Waals surface area contributed by atoms with E-state index in [2.05, 4.69) is 0 Å². The van der Waals surface area contributed by atoms with Crippen LogP contribution in [0.25, 0.3) is 0 Å². The molecule has 0 unspecified atom stereocenters. The predicted molar refractivity (Wildman–Crippen MR) is 106 cm³/mol. The molecule has 152 valence electrons. The molecule has 2 aromatic rings. The van der Waals surface area contributed by atoms with Gasteiger partial charge in [0.1, 0.15) is 18.2 Å². The molecule has 7 heteroatoms. The Morgan fingerprint density at radius 1 is 1.14 bits per heavy atom. The van der Waals surface area contributed by atoms with Crippen molar-refractivity contribution in [1.82, 2.24) is 4.31 Å². The van der Waals surface area contributed by atoms with Gasteiger partial charge in [0.25, 0.3) is 0 Å². The quantitative estimate of drug-likeness (QED) is 0.667. The Labute approximate surface area is 166 Å². The maximum Gasteiger partial charge on any atom is 0.214 e. The number of nitrogens with zero attached hydrogens (tertiary/aromatic N) is 1. The van der Waals surface area contributed by atoms with E-state index in [-0.39, 0.29) is 11.6 Å². The zero-order valence-corrected chi connectivity index (χ0v) is 16.9. The Hall–Kier alpha value is -1.96. The van der Waals surface area contributed by atoms with Gasteiger partial charge in [0.05, 0.1) is 19.0 Å². The highest BCUT2D eigenvalue weighted by Crippen LogP contribution is 2.26. The van der Waals surface area contributed by atoms with Crippen LogP contribution in [0.4, 0.5) is 4.39 Å². The molecule has 0 atom stereocenters. The van der Waals surface area contributed by atoms with Crippen molar-refractivity contribution in [3.8, 4) is 5.75 Å². The largest absolute Gasteiger partial charge is 0.492 e. The molecular formula is C21H26FNO4S. The lowest BCUT2D eigenvalue weighted by atomic mass is 10.1. The third-order valence-electron chi connectivity index (χ3n) is 4.65. The molecule has 0 radical (unpaired) electrons. The van der Waals surface area contributed by atoms with Crippen LogP contribution in [-0.2, 0) is 34.5 Å². The van der Waals surface area contributed by atoms with E-state index in [1.54, 1.807) is 6.07 Å². The van der Waals surface area contributed by atoms with Gasteiger partial charge in [-0.3, -0.25) is 0 Å². The standard InChI is InChI=1S/C21H26FNO4S/c1-2-3-11-28(24,25)23-9-10-27-21-8-7-18(12-19(21)14-23)16-26-15-17-5-4-6-20(22)13-17/h4-8,12-13H,2-3,9-11,14-16H2,1H3. The highest BCUT2D eigenvalue weighted by Gasteiger charge is 2.25. The Bertz CT molecular complexity index is 901. The maximum atomic E-state index is 13.2. The fourth-order valence-corrected chi connectivity index (χ4v) is 4.72. The Morgan fingerprint density at radius 3 is 2.68 bits per heavy atom. The Kier molecular flexibility index (Phi) is 7.04. The van der Waals surface area contributed by atoms with Crippen LogP contribution < -0.4 is 4.74 Å². The summed E-state index contributed by atoms with van der Waals surface area (Å²) in [5.41, 5.74) is 2.53. The lowest BCUT2D eigenvalue weighted by molar-refractivity contribution is 0.107. The highest BCUT2D eigenvalue weighted by atomic mass is 32.2. The Morgan fingerprint density at radius 2 is 1.93 bits per heavy atom. The molecule has 5 nitrogen and oxygen atoms in total. The first-order valence-corrected chi connectivity index (χ1v) is 11.1. The van der Waals surface area contributed by atoms with Gasteiger partial charge in [0, 0.05) is 18.7 Å². The molecule has 0 spiro atoms. The third-order valence-corrected chi connectivity index (χ3v) is 6.55. The molecular weight excluding hydrogens is 381 g/mol. The lowest BCUT2D eigenvalue weighted by Crippen LogP contribution is -2.34. The molecule has 3 rings (SSSR count). The first-order valence-electron chi connectivity index (χ1n) is 9.52.